The molecule has 1 aromatic carbocycles. The lowest BCUT2D eigenvalue weighted by Gasteiger charge is -2.04. The Kier molecular flexibility index (Phi) is 3.44. The van der Waals surface area contributed by atoms with E-state index in [0.717, 1.165) is 0 Å². The van der Waals surface area contributed by atoms with Crippen LogP contribution in [0.15, 0.2) is 39.6 Å². The zero-order valence-corrected chi connectivity index (χ0v) is 11.0. The van der Waals surface area contributed by atoms with E-state index in [9.17, 15) is 14.9 Å². The summed E-state index contributed by atoms with van der Waals surface area (Å²) >= 11 is 3.23. The molecule has 0 spiro atoms. The summed E-state index contributed by atoms with van der Waals surface area (Å²) < 4.78 is 0.490. The zero-order valence-electron chi connectivity index (χ0n) is 9.38. The Balaban J connectivity index is 2.63. The van der Waals surface area contributed by atoms with Crippen LogP contribution in [0.3, 0.4) is 0 Å². The van der Waals surface area contributed by atoms with E-state index in [-0.39, 0.29) is 11.3 Å². The SMILES string of the molecule is N#Cc1cc(Br)c(-c2cccc([N+](=O)[O-])c2)[nH]c1=O. The van der Waals surface area contributed by atoms with Crippen LogP contribution in [0.1, 0.15) is 5.56 Å². The van der Waals surface area contributed by atoms with Crippen LogP contribution in [-0.4, -0.2) is 9.91 Å². The highest BCUT2D eigenvalue weighted by Crippen LogP contribution is 2.27. The van der Waals surface area contributed by atoms with Gasteiger partial charge in [0.1, 0.15) is 11.6 Å². The number of nitro benzene ring substituents is 1. The molecule has 0 fully saturated rings. The summed E-state index contributed by atoms with van der Waals surface area (Å²) in [6.45, 7) is 0. The highest BCUT2D eigenvalue weighted by atomic mass is 79.9. The summed E-state index contributed by atoms with van der Waals surface area (Å²) in [5.74, 6) is 0. The van der Waals surface area contributed by atoms with Crippen LogP contribution in [0.2, 0.25) is 0 Å². The molecular weight excluding hydrogens is 314 g/mol. The van der Waals surface area contributed by atoms with Crippen molar-refractivity contribution in [3.05, 3.63) is 60.8 Å². The van der Waals surface area contributed by atoms with Gasteiger partial charge in [-0.05, 0) is 22.0 Å². The molecule has 1 heterocycles. The Morgan fingerprint density at radius 1 is 1.37 bits per heavy atom. The average molecular weight is 320 g/mol. The zero-order chi connectivity index (χ0) is 14.0. The minimum atomic E-state index is -0.535. The van der Waals surface area contributed by atoms with E-state index in [4.69, 9.17) is 5.26 Å². The summed E-state index contributed by atoms with van der Waals surface area (Å²) in [5, 5.41) is 19.5. The van der Waals surface area contributed by atoms with Crippen LogP contribution in [0.5, 0.6) is 0 Å². The number of nitrogens with one attached hydrogen (secondary N) is 1. The molecule has 0 atom stereocenters. The molecule has 0 bridgehead atoms. The first kappa shape index (κ1) is 13.0. The molecule has 0 saturated heterocycles. The third kappa shape index (κ3) is 2.53. The molecule has 1 N–H and O–H groups in total. The lowest BCUT2D eigenvalue weighted by molar-refractivity contribution is -0.384. The average Bonchev–Trinajstić information content (AvgIpc) is 2.41. The Morgan fingerprint density at radius 3 is 2.74 bits per heavy atom. The van der Waals surface area contributed by atoms with Crippen molar-refractivity contribution in [3.63, 3.8) is 0 Å². The predicted molar refractivity (Wildman–Crippen MR) is 71.6 cm³/mol. The number of nitriles is 1. The van der Waals surface area contributed by atoms with Crippen molar-refractivity contribution in [2.45, 2.75) is 0 Å². The number of pyridine rings is 1. The van der Waals surface area contributed by atoms with Crippen molar-refractivity contribution in [2.24, 2.45) is 0 Å². The van der Waals surface area contributed by atoms with Crippen molar-refractivity contribution in [1.29, 1.82) is 5.26 Å². The van der Waals surface area contributed by atoms with Crippen molar-refractivity contribution in [3.8, 4) is 17.3 Å². The van der Waals surface area contributed by atoms with E-state index in [1.54, 1.807) is 12.1 Å². The second kappa shape index (κ2) is 5.04. The van der Waals surface area contributed by atoms with Gasteiger partial charge in [0.25, 0.3) is 11.2 Å². The number of hydrogen-bond donors (Lipinski definition) is 1. The summed E-state index contributed by atoms with van der Waals surface area (Å²) in [4.78, 5) is 24.3. The number of aromatic amines is 1. The van der Waals surface area contributed by atoms with E-state index < -0.39 is 10.5 Å². The largest absolute Gasteiger partial charge is 0.320 e. The van der Waals surface area contributed by atoms with Gasteiger partial charge in [-0.15, -0.1) is 0 Å². The van der Waals surface area contributed by atoms with Crippen molar-refractivity contribution in [2.75, 3.05) is 0 Å². The molecule has 94 valence electrons. The predicted octanol–water partition coefficient (Wildman–Crippen LogP) is 2.58. The molecule has 0 amide bonds. The maximum absolute atomic E-state index is 11.6. The van der Waals surface area contributed by atoms with Gasteiger partial charge in [0.2, 0.25) is 0 Å². The van der Waals surface area contributed by atoms with Crippen LogP contribution >= 0.6 is 15.9 Å². The fourth-order valence-electron chi connectivity index (χ4n) is 1.57. The van der Waals surface area contributed by atoms with Crippen molar-refractivity contribution < 1.29 is 4.92 Å². The van der Waals surface area contributed by atoms with Gasteiger partial charge in [-0.25, -0.2) is 0 Å². The van der Waals surface area contributed by atoms with E-state index in [1.165, 1.54) is 24.3 Å². The monoisotopic (exact) mass is 319 g/mol. The van der Waals surface area contributed by atoms with E-state index >= 15 is 0 Å². The van der Waals surface area contributed by atoms with Gasteiger partial charge < -0.3 is 4.98 Å². The number of rotatable bonds is 2. The first-order valence-corrected chi connectivity index (χ1v) is 5.90. The van der Waals surface area contributed by atoms with Gasteiger partial charge in [-0.1, -0.05) is 12.1 Å². The number of aromatic nitrogens is 1. The Morgan fingerprint density at radius 2 is 2.11 bits per heavy atom. The van der Waals surface area contributed by atoms with Crippen LogP contribution < -0.4 is 5.56 Å². The molecule has 1 aromatic heterocycles. The fraction of sp³-hybridized carbons (Fsp3) is 0. The smallest absolute Gasteiger partial charge is 0.270 e. The van der Waals surface area contributed by atoms with Gasteiger partial charge in [0.15, 0.2) is 0 Å². The van der Waals surface area contributed by atoms with Gasteiger partial charge in [0.05, 0.1) is 10.6 Å². The Hall–Kier alpha value is -2.46. The maximum atomic E-state index is 11.6. The molecule has 6 nitrogen and oxygen atoms in total. The topological polar surface area (TPSA) is 99.8 Å². The standard InChI is InChI=1S/C12H6BrN3O3/c13-10-5-8(6-14)12(17)15-11(10)7-2-1-3-9(4-7)16(18)19/h1-5H,(H,15,17). The fourth-order valence-corrected chi connectivity index (χ4v) is 2.13. The minimum absolute atomic E-state index is 0.0268. The van der Waals surface area contributed by atoms with Crippen LogP contribution in [0, 0.1) is 21.4 Å². The summed E-state index contributed by atoms with van der Waals surface area (Å²) in [6.07, 6.45) is 0. The van der Waals surface area contributed by atoms with Gasteiger partial charge in [-0.3, -0.25) is 14.9 Å². The number of H-pyrrole nitrogens is 1. The Labute approximate surface area is 115 Å². The van der Waals surface area contributed by atoms with Crippen LogP contribution in [-0.2, 0) is 0 Å². The minimum Gasteiger partial charge on any atom is -0.320 e. The highest BCUT2D eigenvalue weighted by molar-refractivity contribution is 9.10. The third-order valence-corrected chi connectivity index (χ3v) is 3.08. The molecule has 19 heavy (non-hydrogen) atoms. The second-order valence-corrected chi connectivity index (χ2v) is 4.51. The number of nitro groups is 1. The molecule has 0 unspecified atom stereocenters. The molecule has 2 aromatic rings. The first-order valence-electron chi connectivity index (χ1n) is 5.10. The first-order chi connectivity index (χ1) is 9.02. The quantitative estimate of drug-likeness (QED) is 0.679. The molecule has 0 aliphatic carbocycles. The number of hydrogen-bond acceptors (Lipinski definition) is 4. The lowest BCUT2D eigenvalue weighted by atomic mass is 10.1. The van der Waals surface area contributed by atoms with Crippen LogP contribution in [0.25, 0.3) is 11.3 Å². The Bertz CT molecular complexity index is 762. The molecule has 0 aliphatic heterocycles. The van der Waals surface area contributed by atoms with E-state index in [0.29, 0.717) is 15.7 Å². The maximum Gasteiger partial charge on any atom is 0.270 e. The van der Waals surface area contributed by atoms with Gasteiger partial charge in [0, 0.05) is 22.2 Å². The lowest BCUT2D eigenvalue weighted by Crippen LogP contribution is -2.11. The van der Waals surface area contributed by atoms with Gasteiger partial charge in [-0.2, -0.15) is 5.26 Å². The number of nitrogens with zero attached hydrogens (tertiary/aromatic N) is 2. The highest BCUT2D eigenvalue weighted by Gasteiger charge is 2.12. The molecule has 0 saturated carbocycles. The molecule has 2 rings (SSSR count). The molecule has 0 radical (unpaired) electrons. The van der Waals surface area contributed by atoms with Crippen molar-refractivity contribution >= 4 is 21.6 Å². The van der Waals surface area contributed by atoms with Crippen molar-refractivity contribution in [1.82, 2.24) is 4.98 Å². The summed E-state index contributed by atoms with van der Waals surface area (Å²) in [5.41, 5.74) is 0.248. The number of benzene rings is 1. The normalized spacial score (nSPS) is 9.89. The van der Waals surface area contributed by atoms with E-state index in [1.807, 2.05) is 0 Å². The van der Waals surface area contributed by atoms with Gasteiger partial charge >= 0.3 is 0 Å². The molecule has 0 aliphatic rings. The second-order valence-electron chi connectivity index (χ2n) is 3.65. The van der Waals surface area contributed by atoms with Crippen LogP contribution in [0.4, 0.5) is 5.69 Å². The third-order valence-electron chi connectivity index (χ3n) is 2.46. The molecule has 7 heteroatoms. The summed E-state index contributed by atoms with van der Waals surface area (Å²) in [7, 11) is 0. The number of halogens is 1. The number of non-ortho nitro benzene ring substituents is 1. The summed E-state index contributed by atoms with van der Waals surface area (Å²) in [6, 6.07) is 9.01. The van der Waals surface area contributed by atoms with E-state index in [2.05, 4.69) is 20.9 Å². The molecular formula is C12H6BrN3O3.